The van der Waals surface area contributed by atoms with Crippen LogP contribution in [0.25, 0.3) is 11.1 Å². The maximum Gasteiger partial charge on any atom is 0.335 e. The van der Waals surface area contributed by atoms with Crippen LogP contribution in [-0.4, -0.2) is 16.2 Å². The number of phenols is 1. The number of hydrogen-bond donors (Lipinski definition) is 2. The van der Waals surface area contributed by atoms with E-state index in [0.29, 0.717) is 0 Å². The summed E-state index contributed by atoms with van der Waals surface area (Å²) in [7, 11) is 0. The average molecular weight is 352 g/mol. The van der Waals surface area contributed by atoms with Crippen LogP contribution >= 0.6 is 46.4 Å². The zero-order valence-corrected chi connectivity index (χ0v) is 12.6. The molecule has 0 saturated heterocycles. The number of halogens is 4. The van der Waals surface area contributed by atoms with Crippen molar-refractivity contribution in [2.75, 3.05) is 0 Å². The molecule has 20 heavy (non-hydrogen) atoms. The molecule has 2 rings (SSSR count). The molecule has 2 aromatic rings. The summed E-state index contributed by atoms with van der Waals surface area (Å²) >= 11 is 24.0. The molecular formula is C13H6Cl4O3. The minimum Gasteiger partial charge on any atom is -0.507 e. The van der Waals surface area contributed by atoms with E-state index in [9.17, 15) is 9.90 Å². The zero-order valence-electron chi connectivity index (χ0n) is 9.62. The number of phenolic OH excluding ortho intramolecular Hbond substituents is 1. The maximum atomic E-state index is 10.8. The predicted molar refractivity (Wildman–Crippen MR) is 80.5 cm³/mol. The van der Waals surface area contributed by atoms with E-state index in [0.717, 1.165) is 6.07 Å². The maximum absolute atomic E-state index is 10.8. The first kappa shape index (κ1) is 15.3. The second-order valence-electron chi connectivity index (χ2n) is 3.88. The van der Waals surface area contributed by atoms with Crippen molar-refractivity contribution in [3.8, 4) is 16.9 Å². The Kier molecular flexibility index (Phi) is 4.35. The van der Waals surface area contributed by atoms with Crippen LogP contribution in [0, 0.1) is 0 Å². The molecule has 0 bridgehead atoms. The van der Waals surface area contributed by atoms with Crippen LogP contribution in [0.1, 0.15) is 10.4 Å². The Bertz CT molecular complexity index is 687. The van der Waals surface area contributed by atoms with Crippen LogP contribution in [0.4, 0.5) is 0 Å². The van der Waals surface area contributed by atoms with Gasteiger partial charge in [-0.15, -0.1) is 0 Å². The molecular weight excluding hydrogens is 346 g/mol. The average Bonchev–Trinajstić information content (AvgIpc) is 2.38. The second-order valence-corrected chi connectivity index (χ2v) is 5.45. The first-order valence-corrected chi connectivity index (χ1v) is 6.73. The number of carboxylic acid groups (broad SMARTS) is 1. The van der Waals surface area contributed by atoms with E-state index >= 15 is 0 Å². The summed E-state index contributed by atoms with van der Waals surface area (Å²) in [6.45, 7) is 0. The molecule has 104 valence electrons. The Morgan fingerprint density at radius 3 is 1.95 bits per heavy atom. The highest BCUT2D eigenvalue weighted by molar-refractivity contribution is 6.50. The molecule has 0 unspecified atom stereocenters. The van der Waals surface area contributed by atoms with Gasteiger partial charge in [-0.1, -0.05) is 46.4 Å². The SMILES string of the molecule is O=C(O)c1ccc(-c2c(Cl)c(Cl)cc(Cl)c2Cl)c(O)c1. The Labute approximate surface area is 134 Å². The number of benzene rings is 2. The van der Waals surface area contributed by atoms with E-state index in [1.54, 1.807) is 0 Å². The van der Waals surface area contributed by atoms with Crippen molar-refractivity contribution >= 4 is 52.4 Å². The normalized spacial score (nSPS) is 10.6. The molecule has 0 atom stereocenters. The molecule has 0 amide bonds. The van der Waals surface area contributed by atoms with Gasteiger partial charge < -0.3 is 10.2 Å². The number of carbonyl (C=O) groups is 1. The van der Waals surface area contributed by atoms with Gasteiger partial charge in [0, 0.05) is 11.1 Å². The van der Waals surface area contributed by atoms with E-state index in [-0.39, 0.29) is 42.5 Å². The quantitative estimate of drug-likeness (QED) is 0.715. The fourth-order valence-electron chi connectivity index (χ4n) is 1.69. The number of rotatable bonds is 2. The van der Waals surface area contributed by atoms with Gasteiger partial charge in [0.05, 0.1) is 25.7 Å². The number of aromatic carboxylic acids is 1. The van der Waals surface area contributed by atoms with Crippen molar-refractivity contribution < 1.29 is 15.0 Å². The highest BCUT2D eigenvalue weighted by atomic mass is 35.5. The fourth-order valence-corrected chi connectivity index (χ4v) is 2.70. The second kappa shape index (κ2) is 5.70. The van der Waals surface area contributed by atoms with Crippen LogP contribution in [0.2, 0.25) is 20.1 Å². The molecule has 0 heterocycles. The Balaban J connectivity index is 2.72. The van der Waals surface area contributed by atoms with Crippen LogP contribution in [-0.2, 0) is 0 Å². The van der Waals surface area contributed by atoms with Gasteiger partial charge in [0.2, 0.25) is 0 Å². The topological polar surface area (TPSA) is 57.5 Å². The lowest BCUT2D eigenvalue weighted by Crippen LogP contribution is -1.96. The molecule has 7 heteroatoms. The summed E-state index contributed by atoms with van der Waals surface area (Å²) in [5, 5.41) is 19.4. The van der Waals surface area contributed by atoms with E-state index in [1.807, 2.05) is 0 Å². The summed E-state index contributed by atoms with van der Waals surface area (Å²) in [4.78, 5) is 10.8. The molecule has 0 aliphatic rings. The van der Waals surface area contributed by atoms with Crippen molar-refractivity contribution in [1.29, 1.82) is 0 Å². The van der Waals surface area contributed by atoms with E-state index in [2.05, 4.69) is 0 Å². The van der Waals surface area contributed by atoms with Gasteiger partial charge in [-0.25, -0.2) is 4.79 Å². The summed E-state index contributed by atoms with van der Waals surface area (Å²) in [5.74, 6) is -1.44. The monoisotopic (exact) mass is 350 g/mol. The highest BCUT2D eigenvalue weighted by Crippen LogP contribution is 2.45. The highest BCUT2D eigenvalue weighted by Gasteiger charge is 2.19. The minimum atomic E-state index is -1.16. The molecule has 0 aromatic heterocycles. The molecule has 0 aliphatic carbocycles. The molecule has 2 N–H and O–H groups in total. The lowest BCUT2D eigenvalue weighted by molar-refractivity contribution is 0.0696. The van der Waals surface area contributed by atoms with E-state index in [4.69, 9.17) is 51.5 Å². The van der Waals surface area contributed by atoms with Gasteiger partial charge >= 0.3 is 5.97 Å². The smallest absolute Gasteiger partial charge is 0.335 e. The number of carboxylic acids is 1. The standard InChI is InChI=1S/C13H6Cl4O3/c14-7-4-8(15)12(17)10(11(7)16)6-2-1-5(13(19)20)3-9(6)18/h1-4,18H,(H,19,20). The molecule has 0 saturated carbocycles. The summed E-state index contributed by atoms with van der Waals surface area (Å²) in [6.07, 6.45) is 0. The molecule has 0 spiro atoms. The molecule has 0 fully saturated rings. The van der Waals surface area contributed by atoms with Gasteiger partial charge in [-0.3, -0.25) is 0 Å². The van der Waals surface area contributed by atoms with Crippen molar-refractivity contribution in [3.05, 3.63) is 49.9 Å². The van der Waals surface area contributed by atoms with Crippen LogP contribution < -0.4 is 0 Å². The molecule has 2 aromatic carbocycles. The zero-order chi connectivity index (χ0) is 15.0. The Morgan fingerprint density at radius 1 is 0.950 bits per heavy atom. The first-order valence-electron chi connectivity index (χ1n) is 5.22. The van der Waals surface area contributed by atoms with E-state index < -0.39 is 5.97 Å². The molecule has 0 radical (unpaired) electrons. The third-order valence-electron chi connectivity index (χ3n) is 2.63. The molecule has 0 aliphatic heterocycles. The molecule has 3 nitrogen and oxygen atoms in total. The van der Waals surface area contributed by atoms with Gasteiger partial charge in [0.1, 0.15) is 5.75 Å². The Hall–Kier alpha value is -1.13. The van der Waals surface area contributed by atoms with Gasteiger partial charge in [0.25, 0.3) is 0 Å². The van der Waals surface area contributed by atoms with E-state index in [1.165, 1.54) is 18.2 Å². The third-order valence-corrected chi connectivity index (χ3v) is 4.20. The third kappa shape index (κ3) is 2.67. The van der Waals surface area contributed by atoms with Gasteiger partial charge in [-0.2, -0.15) is 0 Å². The summed E-state index contributed by atoms with van der Waals surface area (Å²) < 4.78 is 0. The largest absolute Gasteiger partial charge is 0.507 e. The predicted octanol–water partition coefficient (Wildman–Crippen LogP) is 5.37. The number of aromatic hydroxyl groups is 1. The van der Waals surface area contributed by atoms with Crippen LogP contribution in [0.15, 0.2) is 24.3 Å². The van der Waals surface area contributed by atoms with Crippen molar-refractivity contribution in [2.45, 2.75) is 0 Å². The number of hydrogen-bond acceptors (Lipinski definition) is 2. The van der Waals surface area contributed by atoms with Crippen LogP contribution in [0.5, 0.6) is 5.75 Å². The Morgan fingerprint density at radius 2 is 1.50 bits per heavy atom. The van der Waals surface area contributed by atoms with Crippen molar-refractivity contribution in [2.24, 2.45) is 0 Å². The summed E-state index contributed by atoms with van der Waals surface area (Å²) in [5.41, 5.74) is 0.432. The summed E-state index contributed by atoms with van der Waals surface area (Å²) in [6, 6.07) is 5.19. The van der Waals surface area contributed by atoms with Gasteiger partial charge in [0.15, 0.2) is 0 Å². The minimum absolute atomic E-state index is 0.0633. The first-order chi connectivity index (χ1) is 9.32. The van der Waals surface area contributed by atoms with Crippen LogP contribution in [0.3, 0.4) is 0 Å². The van der Waals surface area contributed by atoms with Gasteiger partial charge in [-0.05, 0) is 24.3 Å². The lowest BCUT2D eigenvalue weighted by Gasteiger charge is -2.12. The fraction of sp³-hybridized carbons (Fsp3) is 0. The van der Waals surface area contributed by atoms with Crippen molar-refractivity contribution in [3.63, 3.8) is 0 Å². The van der Waals surface area contributed by atoms with Crippen molar-refractivity contribution in [1.82, 2.24) is 0 Å². The lowest BCUT2D eigenvalue weighted by atomic mass is 10.0.